The largest absolute Gasteiger partial charge is 0.695 e. The summed E-state index contributed by atoms with van der Waals surface area (Å²) in [5.74, 6) is 1.48. The summed E-state index contributed by atoms with van der Waals surface area (Å²) in [6, 6.07) is 35.0. The van der Waals surface area contributed by atoms with Gasteiger partial charge in [-0.15, -0.1) is 9.42 Å². The topological polar surface area (TPSA) is 74.2 Å². The van der Waals surface area contributed by atoms with Crippen LogP contribution in [-0.4, -0.2) is 25.7 Å². The fraction of sp³-hybridized carbons (Fsp3) is 0.200. The van der Waals surface area contributed by atoms with Crippen LogP contribution in [0.4, 0.5) is 0 Å². The Balaban J connectivity index is 1.77. The number of benzene rings is 4. The van der Waals surface area contributed by atoms with E-state index in [4.69, 9.17) is 18.7 Å². The number of hydrogen-bond acceptors (Lipinski definition) is 5. The molecule has 0 saturated heterocycles. The normalized spacial score (nSPS) is 12.6. The van der Waals surface area contributed by atoms with E-state index in [1.165, 1.54) is 0 Å². The Bertz CT molecular complexity index is 1210. The molecule has 4 aromatic rings. The molecule has 190 valence electrons. The number of hydrogen-bond donors (Lipinski definition) is 1. The molecule has 0 amide bonds. The molecule has 0 aromatic heterocycles. The minimum absolute atomic E-state index is 0.246. The molecule has 4 aromatic carbocycles. The summed E-state index contributed by atoms with van der Waals surface area (Å²) in [4.78, 5) is 9.50. The van der Waals surface area contributed by atoms with Gasteiger partial charge in [0.1, 0.15) is 23.2 Å². The number of ether oxygens (including phenoxy) is 3. The van der Waals surface area contributed by atoms with Gasteiger partial charge in [0.2, 0.25) is 0 Å². The summed E-state index contributed by atoms with van der Waals surface area (Å²) in [6.07, 6.45) is -0.234. The molecule has 0 aliphatic heterocycles. The third kappa shape index (κ3) is 6.24. The number of rotatable bonds is 12. The lowest BCUT2D eigenvalue weighted by Crippen LogP contribution is -2.33. The second-order valence-electron chi connectivity index (χ2n) is 8.38. The SMILES string of the molecule is COc1ccc(C(OCCC(O[P+](=O)O)c2ccccc2)(c2ccccc2)c2ccc(OC)cc2)cc1. The molecule has 4 rings (SSSR count). The van der Waals surface area contributed by atoms with Crippen molar-refractivity contribution in [3.8, 4) is 11.5 Å². The molecule has 2 atom stereocenters. The van der Waals surface area contributed by atoms with Gasteiger partial charge < -0.3 is 14.2 Å². The Morgan fingerprint density at radius 3 is 1.62 bits per heavy atom. The lowest BCUT2D eigenvalue weighted by molar-refractivity contribution is -0.00272. The second-order valence-corrected chi connectivity index (χ2v) is 9.07. The third-order valence-corrected chi connectivity index (χ3v) is 6.70. The van der Waals surface area contributed by atoms with Crippen molar-refractivity contribution in [3.63, 3.8) is 0 Å². The van der Waals surface area contributed by atoms with Crippen LogP contribution in [-0.2, 0) is 19.4 Å². The van der Waals surface area contributed by atoms with Gasteiger partial charge in [-0.1, -0.05) is 84.9 Å². The van der Waals surface area contributed by atoms with E-state index in [-0.39, 0.29) is 6.61 Å². The molecular weight excluding hydrogens is 487 g/mol. The van der Waals surface area contributed by atoms with Gasteiger partial charge in [0, 0.05) is 11.0 Å². The van der Waals surface area contributed by atoms with Crippen LogP contribution in [0.15, 0.2) is 109 Å². The molecule has 0 heterocycles. The molecule has 6 nitrogen and oxygen atoms in total. The van der Waals surface area contributed by atoms with Crippen LogP contribution >= 0.6 is 8.25 Å². The Morgan fingerprint density at radius 2 is 1.16 bits per heavy atom. The first-order chi connectivity index (χ1) is 18.1. The Kier molecular flexibility index (Phi) is 9.04. The van der Waals surface area contributed by atoms with Gasteiger partial charge >= 0.3 is 8.25 Å². The van der Waals surface area contributed by atoms with E-state index in [0.29, 0.717) is 6.42 Å². The van der Waals surface area contributed by atoms with E-state index >= 15 is 0 Å². The fourth-order valence-electron chi connectivity index (χ4n) is 4.45. The van der Waals surface area contributed by atoms with Gasteiger partial charge in [-0.3, -0.25) is 0 Å². The van der Waals surface area contributed by atoms with Gasteiger partial charge in [0.25, 0.3) is 0 Å². The second kappa shape index (κ2) is 12.6. The van der Waals surface area contributed by atoms with Gasteiger partial charge in [-0.05, 0) is 46.5 Å². The van der Waals surface area contributed by atoms with Gasteiger partial charge in [0.05, 0.1) is 20.8 Å². The highest BCUT2D eigenvalue weighted by atomic mass is 31.1. The van der Waals surface area contributed by atoms with Gasteiger partial charge in [0.15, 0.2) is 0 Å². The first-order valence-corrected chi connectivity index (χ1v) is 13.1. The average Bonchev–Trinajstić information content (AvgIpc) is 2.96. The van der Waals surface area contributed by atoms with Crippen LogP contribution in [0.5, 0.6) is 11.5 Å². The first kappa shape index (κ1) is 26.5. The molecule has 0 spiro atoms. The molecule has 0 aliphatic rings. The van der Waals surface area contributed by atoms with E-state index < -0.39 is 20.0 Å². The molecular formula is C30H30O6P+. The van der Waals surface area contributed by atoms with Crippen molar-refractivity contribution in [1.82, 2.24) is 0 Å². The highest BCUT2D eigenvalue weighted by molar-refractivity contribution is 7.32. The molecule has 2 unspecified atom stereocenters. The van der Waals surface area contributed by atoms with Crippen LogP contribution in [0.2, 0.25) is 0 Å². The van der Waals surface area contributed by atoms with E-state index in [1.807, 2.05) is 109 Å². The highest BCUT2D eigenvalue weighted by Crippen LogP contribution is 2.42. The minimum Gasteiger partial charge on any atom is -0.497 e. The molecule has 0 fully saturated rings. The minimum atomic E-state index is -2.78. The zero-order valence-electron chi connectivity index (χ0n) is 20.8. The smallest absolute Gasteiger partial charge is 0.497 e. The first-order valence-electron chi connectivity index (χ1n) is 11.9. The fourth-order valence-corrected chi connectivity index (χ4v) is 4.89. The molecule has 7 heteroatoms. The standard InChI is InChI=1S/C30H29O6P/c1-33-27-17-13-25(14-18-27)30(24-11-7-4-8-12-24,26-15-19-28(34-2)20-16-26)35-22-21-29(36-37(31)32)23-9-5-3-6-10-23/h3-20,29H,21-22H2,1-2H3/p+1. The van der Waals surface area contributed by atoms with Crippen LogP contribution in [0.1, 0.15) is 34.8 Å². The molecule has 1 N–H and O–H groups in total. The van der Waals surface area contributed by atoms with Crippen molar-refractivity contribution in [1.29, 1.82) is 0 Å². The third-order valence-electron chi connectivity index (χ3n) is 6.26. The zero-order chi connectivity index (χ0) is 26.1. The summed E-state index contributed by atoms with van der Waals surface area (Å²) in [5.41, 5.74) is 2.60. The quantitative estimate of drug-likeness (QED) is 0.164. The van der Waals surface area contributed by atoms with Crippen molar-refractivity contribution in [2.45, 2.75) is 18.1 Å². The summed E-state index contributed by atoms with van der Waals surface area (Å²) in [6.45, 7) is 0.246. The number of methoxy groups -OCH3 is 2. The van der Waals surface area contributed by atoms with Gasteiger partial charge in [-0.2, -0.15) is 0 Å². The molecule has 0 radical (unpaired) electrons. The maximum absolute atomic E-state index is 11.6. The molecule has 0 saturated carbocycles. The van der Waals surface area contributed by atoms with E-state index in [9.17, 15) is 9.46 Å². The summed E-state index contributed by atoms with van der Waals surface area (Å²) >= 11 is 0. The van der Waals surface area contributed by atoms with Gasteiger partial charge in [-0.25, -0.2) is 0 Å². The predicted octanol–water partition coefficient (Wildman–Crippen LogP) is 6.81. The molecule has 0 bridgehead atoms. The summed E-state index contributed by atoms with van der Waals surface area (Å²) in [5, 5.41) is 0. The summed E-state index contributed by atoms with van der Waals surface area (Å²) in [7, 11) is 0.484. The maximum Gasteiger partial charge on any atom is 0.695 e. The van der Waals surface area contributed by atoms with Crippen LogP contribution in [0.3, 0.4) is 0 Å². The molecule has 37 heavy (non-hydrogen) atoms. The summed E-state index contributed by atoms with van der Waals surface area (Å²) < 4.78 is 34.6. The van der Waals surface area contributed by atoms with E-state index in [0.717, 1.165) is 33.8 Å². The Hall–Kier alpha value is -3.54. The van der Waals surface area contributed by atoms with Crippen molar-refractivity contribution in [2.24, 2.45) is 0 Å². The highest BCUT2D eigenvalue weighted by Gasteiger charge is 2.38. The average molecular weight is 518 g/mol. The van der Waals surface area contributed by atoms with E-state index in [2.05, 4.69) is 0 Å². The lowest BCUT2D eigenvalue weighted by Gasteiger charge is -2.36. The Labute approximate surface area is 218 Å². The monoisotopic (exact) mass is 517 g/mol. The van der Waals surface area contributed by atoms with Crippen molar-refractivity contribution < 1.29 is 28.2 Å². The predicted molar refractivity (Wildman–Crippen MR) is 143 cm³/mol. The molecule has 0 aliphatic carbocycles. The van der Waals surface area contributed by atoms with Crippen molar-refractivity contribution in [3.05, 3.63) is 131 Å². The van der Waals surface area contributed by atoms with Crippen molar-refractivity contribution in [2.75, 3.05) is 20.8 Å². The zero-order valence-corrected chi connectivity index (χ0v) is 21.7. The Morgan fingerprint density at radius 1 is 0.703 bits per heavy atom. The van der Waals surface area contributed by atoms with Crippen LogP contribution < -0.4 is 9.47 Å². The van der Waals surface area contributed by atoms with E-state index in [1.54, 1.807) is 14.2 Å². The van der Waals surface area contributed by atoms with Crippen molar-refractivity contribution >= 4 is 8.25 Å². The van der Waals surface area contributed by atoms with Crippen LogP contribution in [0, 0.1) is 0 Å². The lowest BCUT2D eigenvalue weighted by atomic mass is 9.80. The maximum atomic E-state index is 11.6. The van der Waals surface area contributed by atoms with Crippen LogP contribution in [0.25, 0.3) is 0 Å².